The van der Waals surface area contributed by atoms with Crippen molar-refractivity contribution in [3.05, 3.63) is 92.3 Å². The van der Waals surface area contributed by atoms with Crippen LogP contribution in [0.15, 0.2) is 64.3 Å². The Labute approximate surface area is 200 Å². The molecule has 2 aromatic carbocycles. The molecular formula is C25H25N3O7. The third-order valence-electron chi connectivity index (χ3n) is 6.45. The number of H-pyrrole nitrogens is 1. The van der Waals surface area contributed by atoms with Gasteiger partial charge in [-0.2, -0.15) is 5.48 Å². The molecular weight excluding hydrogens is 454 g/mol. The van der Waals surface area contributed by atoms with E-state index in [1.165, 1.54) is 10.8 Å². The fourth-order valence-electron chi connectivity index (χ4n) is 4.71. The highest BCUT2D eigenvalue weighted by Crippen LogP contribution is 2.44. The number of aromatic amines is 1. The van der Waals surface area contributed by atoms with Crippen LogP contribution >= 0.6 is 0 Å². The molecule has 0 radical (unpaired) electrons. The molecule has 1 aliphatic carbocycles. The van der Waals surface area contributed by atoms with Crippen LogP contribution in [0.1, 0.15) is 35.3 Å². The first kappa shape index (κ1) is 23.0. The predicted molar refractivity (Wildman–Crippen MR) is 125 cm³/mol. The van der Waals surface area contributed by atoms with Gasteiger partial charge in [-0.15, -0.1) is 0 Å². The van der Waals surface area contributed by atoms with E-state index in [-0.39, 0.29) is 25.6 Å². The summed E-state index contributed by atoms with van der Waals surface area (Å²) in [5.74, 6) is -0.0899. The molecule has 1 amide bonds. The smallest absolute Gasteiger partial charge is 0.431 e. The second-order valence-electron chi connectivity index (χ2n) is 8.61. The number of ether oxygens (including phenoxy) is 2. The Hall–Kier alpha value is -3.73. The molecule has 2 heterocycles. The Morgan fingerprint density at radius 3 is 2.46 bits per heavy atom. The highest BCUT2D eigenvalue weighted by atomic mass is 16.7. The van der Waals surface area contributed by atoms with Crippen molar-refractivity contribution in [1.29, 1.82) is 0 Å². The van der Waals surface area contributed by atoms with Crippen molar-refractivity contribution in [2.24, 2.45) is 0 Å². The van der Waals surface area contributed by atoms with Gasteiger partial charge in [-0.05, 0) is 29.2 Å². The number of hydroxylamine groups is 1. The summed E-state index contributed by atoms with van der Waals surface area (Å²) in [6.07, 6.45) is -1.51. The maximum atomic E-state index is 12.4. The van der Waals surface area contributed by atoms with Gasteiger partial charge in [0.1, 0.15) is 25.0 Å². The van der Waals surface area contributed by atoms with E-state index >= 15 is 0 Å². The molecule has 10 nitrogen and oxygen atoms in total. The maximum absolute atomic E-state index is 12.4. The van der Waals surface area contributed by atoms with Crippen LogP contribution in [0, 0.1) is 6.92 Å². The zero-order valence-electron chi connectivity index (χ0n) is 19.0. The number of hydrogen-bond donors (Lipinski definition) is 3. The highest BCUT2D eigenvalue weighted by Gasteiger charge is 2.38. The molecule has 35 heavy (non-hydrogen) atoms. The van der Waals surface area contributed by atoms with Gasteiger partial charge in [-0.3, -0.25) is 19.2 Å². The molecule has 3 N–H and O–H groups in total. The Morgan fingerprint density at radius 2 is 1.80 bits per heavy atom. The summed E-state index contributed by atoms with van der Waals surface area (Å²) in [5.41, 5.74) is 5.94. The number of rotatable bonds is 6. The van der Waals surface area contributed by atoms with Crippen LogP contribution in [0.2, 0.25) is 0 Å². The van der Waals surface area contributed by atoms with Gasteiger partial charge in [0.25, 0.3) is 5.56 Å². The second kappa shape index (κ2) is 9.49. The van der Waals surface area contributed by atoms with Crippen LogP contribution in [0.3, 0.4) is 0 Å². The normalized spacial score (nSPS) is 20.9. The number of benzene rings is 2. The molecule has 1 saturated heterocycles. The van der Waals surface area contributed by atoms with Crippen molar-refractivity contribution in [3.63, 3.8) is 0 Å². The topological polar surface area (TPSA) is 132 Å². The lowest BCUT2D eigenvalue weighted by Gasteiger charge is -2.18. The molecule has 182 valence electrons. The number of aryl methyl sites for hydroxylation is 1. The van der Waals surface area contributed by atoms with Crippen molar-refractivity contribution in [1.82, 2.24) is 15.0 Å². The summed E-state index contributed by atoms with van der Waals surface area (Å²) in [7, 11) is 0. The van der Waals surface area contributed by atoms with Crippen LogP contribution in [-0.4, -0.2) is 46.2 Å². The van der Waals surface area contributed by atoms with Crippen LogP contribution in [0.5, 0.6) is 0 Å². The minimum Gasteiger partial charge on any atom is -0.447 e. The summed E-state index contributed by atoms with van der Waals surface area (Å²) in [4.78, 5) is 43.9. The third-order valence-corrected chi connectivity index (χ3v) is 6.45. The van der Waals surface area contributed by atoms with Gasteiger partial charge in [0, 0.05) is 24.1 Å². The Morgan fingerprint density at radius 1 is 1.14 bits per heavy atom. The maximum Gasteiger partial charge on any atom is 0.431 e. The van der Waals surface area contributed by atoms with Gasteiger partial charge in [0.05, 0.1) is 6.61 Å². The summed E-state index contributed by atoms with van der Waals surface area (Å²) in [5, 5.41) is 9.67. The second-order valence-corrected chi connectivity index (χ2v) is 8.61. The molecule has 0 unspecified atom stereocenters. The first-order valence-corrected chi connectivity index (χ1v) is 11.3. The summed E-state index contributed by atoms with van der Waals surface area (Å²) in [6, 6.07) is 16.0. The largest absolute Gasteiger partial charge is 0.447 e. The Bertz CT molecular complexity index is 1320. The molecule has 3 aromatic rings. The number of fused-ring (bicyclic) bond motifs is 3. The molecule has 1 fully saturated rings. The van der Waals surface area contributed by atoms with E-state index in [0.717, 1.165) is 22.3 Å². The molecule has 0 spiro atoms. The lowest BCUT2D eigenvalue weighted by atomic mass is 9.98. The number of nitrogens with one attached hydrogen (secondary N) is 2. The predicted octanol–water partition coefficient (Wildman–Crippen LogP) is 1.96. The SMILES string of the molecule is Cc1cn([C@H]2C[C@H](ONC(=O)OCC3c4ccccc4-c4ccccc43)[C@@H](CO)O2)c(=O)[nH]c1=O. The summed E-state index contributed by atoms with van der Waals surface area (Å²) < 4.78 is 12.4. The Kier molecular flexibility index (Phi) is 6.25. The van der Waals surface area contributed by atoms with Crippen LogP contribution in [0.4, 0.5) is 4.79 Å². The number of nitrogens with zero attached hydrogens (tertiary/aromatic N) is 1. The molecule has 0 saturated carbocycles. The first-order valence-electron chi connectivity index (χ1n) is 11.3. The van der Waals surface area contributed by atoms with Gasteiger partial charge < -0.3 is 14.6 Å². The lowest BCUT2D eigenvalue weighted by Crippen LogP contribution is -2.36. The fraction of sp³-hybridized carbons (Fsp3) is 0.320. The zero-order chi connectivity index (χ0) is 24.5. The van der Waals surface area contributed by atoms with Crippen LogP contribution in [0.25, 0.3) is 11.1 Å². The number of amides is 1. The molecule has 1 aliphatic heterocycles. The summed E-state index contributed by atoms with van der Waals surface area (Å²) in [6.45, 7) is 1.31. The van der Waals surface area contributed by atoms with Crippen molar-refractivity contribution in [2.75, 3.05) is 13.2 Å². The van der Waals surface area contributed by atoms with Gasteiger partial charge in [0.15, 0.2) is 0 Å². The number of aromatic nitrogens is 2. The van der Waals surface area contributed by atoms with E-state index in [0.29, 0.717) is 5.56 Å². The van der Waals surface area contributed by atoms with Crippen molar-refractivity contribution in [3.8, 4) is 11.1 Å². The van der Waals surface area contributed by atoms with E-state index < -0.39 is 35.8 Å². The van der Waals surface area contributed by atoms with Gasteiger partial charge >= 0.3 is 11.8 Å². The van der Waals surface area contributed by atoms with Crippen molar-refractivity contribution >= 4 is 6.09 Å². The van der Waals surface area contributed by atoms with E-state index in [1.807, 2.05) is 36.4 Å². The van der Waals surface area contributed by atoms with E-state index in [4.69, 9.17) is 14.3 Å². The minimum atomic E-state index is -0.784. The molecule has 3 atom stereocenters. The number of aliphatic hydroxyl groups excluding tert-OH is 1. The number of hydrogen-bond acceptors (Lipinski definition) is 7. The first-order chi connectivity index (χ1) is 17.0. The molecule has 5 rings (SSSR count). The molecule has 10 heteroatoms. The van der Waals surface area contributed by atoms with E-state index in [2.05, 4.69) is 22.6 Å². The van der Waals surface area contributed by atoms with Crippen LogP contribution in [-0.2, 0) is 14.3 Å². The monoisotopic (exact) mass is 479 g/mol. The van der Waals surface area contributed by atoms with Gasteiger partial charge in [0.2, 0.25) is 0 Å². The Balaban J connectivity index is 1.20. The molecule has 2 aliphatic rings. The number of carbonyl (C=O) groups is 1. The van der Waals surface area contributed by atoms with Crippen molar-refractivity contribution in [2.45, 2.75) is 37.7 Å². The molecule has 1 aromatic heterocycles. The van der Waals surface area contributed by atoms with Crippen LogP contribution < -0.4 is 16.7 Å². The average molecular weight is 479 g/mol. The standard InChI is InChI=1S/C25H25N3O7/c1-14-11-28(24(31)26-23(14)30)22-10-20(21(12-29)34-22)35-27-25(32)33-13-19-17-8-4-2-6-15(17)16-7-3-5-9-18(16)19/h2-9,11,19-22,29H,10,12-13H2,1H3,(H,27,32)(H,26,30,31)/t20-,21+,22+/m0/s1. The van der Waals surface area contributed by atoms with E-state index in [9.17, 15) is 19.5 Å². The van der Waals surface area contributed by atoms with Gasteiger partial charge in [-0.25, -0.2) is 9.59 Å². The van der Waals surface area contributed by atoms with E-state index in [1.54, 1.807) is 6.92 Å². The quantitative estimate of drug-likeness (QED) is 0.461. The fourth-order valence-corrected chi connectivity index (χ4v) is 4.71. The van der Waals surface area contributed by atoms with Gasteiger partial charge in [-0.1, -0.05) is 48.5 Å². The number of aliphatic hydroxyl groups is 1. The average Bonchev–Trinajstić information content (AvgIpc) is 3.42. The third kappa shape index (κ3) is 4.39. The minimum absolute atomic E-state index is 0.0899. The lowest BCUT2D eigenvalue weighted by molar-refractivity contribution is -0.0847. The molecule has 0 bridgehead atoms. The zero-order valence-corrected chi connectivity index (χ0v) is 19.0. The highest BCUT2D eigenvalue weighted by molar-refractivity contribution is 5.79. The summed E-state index contributed by atoms with van der Waals surface area (Å²) >= 11 is 0. The van der Waals surface area contributed by atoms with Crippen molar-refractivity contribution < 1.29 is 24.2 Å². The number of carbonyl (C=O) groups excluding carboxylic acids is 1.